The average Bonchev–Trinajstić information content (AvgIpc) is 2.14. The summed E-state index contributed by atoms with van der Waals surface area (Å²) in [4.78, 5) is 11.6. The molecule has 0 aromatic heterocycles. The number of thiocarbonyl (C=S) groups is 1. The maximum atomic E-state index is 11.6. The van der Waals surface area contributed by atoms with Crippen LogP contribution in [0.1, 0.15) is 15.9 Å². The van der Waals surface area contributed by atoms with Crippen LogP contribution in [0.5, 0.6) is 0 Å². The van der Waals surface area contributed by atoms with E-state index >= 15 is 0 Å². The minimum absolute atomic E-state index is 0.220. The number of amides is 1. The molecule has 0 saturated heterocycles. The van der Waals surface area contributed by atoms with Gasteiger partial charge in [-0.3, -0.25) is 15.6 Å². The Morgan fingerprint density at radius 2 is 2.13 bits per heavy atom. The predicted octanol–water partition coefficient (Wildman–Crippen LogP) is 2.21. The van der Waals surface area contributed by atoms with Crippen LogP contribution in [0.2, 0.25) is 0 Å². The third-order valence-electron chi connectivity index (χ3n) is 1.72. The molecule has 0 bridgehead atoms. The minimum Gasteiger partial charge on any atom is -0.283 e. The van der Waals surface area contributed by atoms with Crippen LogP contribution < -0.4 is 10.9 Å². The van der Waals surface area contributed by atoms with Gasteiger partial charge in [0.1, 0.15) is 4.32 Å². The SMILES string of the molecule is Cc1cc(Br)ccc1C(=O)NNC(=S)S. The fraction of sp³-hybridized carbons (Fsp3) is 0.111. The van der Waals surface area contributed by atoms with Gasteiger partial charge in [0.2, 0.25) is 0 Å². The molecule has 6 heteroatoms. The lowest BCUT2D eigenvalue weighted by Gasteiger charge is -2.08. The number of hydrogen-bond acceptors (Lipinski definition) is 2. The van der Waals surface area contributed by atoms with Crippen molar-refractivity contribution >= 4 is 51.0 Å². The second-order valence-corrected chi connectivity index (χ2v) is 4.92. The maximum absolute atomic E-state index is 11.6. The summed E-state index contributed by atoms with van der Waals surface area (Å²) in [6, 6.07) is 5.41. The summed E-state index contributed by atoms with van der Waals surface area (Å²) in [5.41, 5.74) is 6.38. The van der Waals surface area contributed by atoms with E-state index in [1.165, 1.54) is 0 Å². The molecule has 3 nitrogen and oxygen atoms in total. The summed E-state index contributed by atoms with van der Waals surface area (Å²) in [5.74, 6) is -0.239. The Bertz CT molecular complexity index is 409. The van der Waals surface area contributed by atoms with Crippen molar-refractivity contribution in [2.75, 3.05) is 0 Å². The lowest BCUT2D eigenvalue weighted by molar-refractivity contribution is 0.0944. The number of carbonyl (C=O) groups excluding carboxylic acids is 1. The minimum atomic E-state index is -0.239. The van der Waals surface area contributed by atoms with Gasteiger partial charge in [0, 0.05) is 10.0 Å². The first-order chi connectivity index (χ1) is 7.00. The number of thiol groups is 1. The molecule has 0 aliphatic carbocycles. The van der Waals surface area contributed by atoms with Crippen LogP contribution in [-0.4, -0.2) is 10.2 Å². The first-order valence-electron chi connectivity index (χ1n) is 4.06. The van der Waals surface area contributed by atoms with E-state index < -0.39 is 0 Å². The number of rotatable bonds is 1. The van der Waals surface area contributed by atoms with Gasteiger partial charge in [-0.15, -0.1) is 12.6 Å². The number of carbonyl (C=O) groups is 1. The number of halogens is 1. The molecule has 0 radical (unpaired) electrons. The largest absolute Gasteiger partial charge is 0.283 e. The summed E-state index contributed by atoms with van der Waals surface area (Å²) in [6.45, 7) is 1.86. The Labute approximate surface area is 107 Å². The first-order valence-corrected chi connectivity index (χ1v) is 5.71. The number of hydrazine groups is 1. The molecule has 1 aromatic rings. The van der Waals surface area contributed by atoms with Crippen LogP contribution in [0.15, 0.2) is 22.7 Å². The van der Waals surface area contributed by atoms with Gasteiger partial charge in [-0.1, -0.05) is 28.1 Å². The Hall–Kier alpha value is -0.590. The molecule has 0 aliphatic rings. The molecule has 1 rings (SSSR count). The Morgan fingerprint density at radius 1 is 1.47 bits per heavy atom. The summed E-state index contributed by atoms with van der Waals surface area (Å²) in [5, 5.41) is 0. The van der Waals surface area contributed by atoms with Crippen LogP contribution >= 0.6 is 40.8 Å². The molecule has 15 heavy (non-hydrogen) atoms. The van der Waals surface area contributed by atoms with Crippen LogP contribution in [0.4, 0.5) is 0 Å². The maximum Gasteiger partial charge on any atom is 0.269 e. The summed E-state index contributed by atoms with van der Waals surface area (Å²) < 4.78 is 1.16. The lowest BCUT2D eigenvalue weighted by Crippen LogP contribution is -2.39. The molecule has 1 amide bonds. The van der Waals surface area contributed by atoms with Crippen LogP contribution in [0.25, 0.3) is 0 Å². The Morgan fingerprint density at radius 3 is 2.67 bits per heavy atom. The van der Waals surface area contributed by atoms with Crippen molar-refractivity contribution in [3.05, 3.63) is 33.8 Å². The summed E-state index contributed by atoms with van der Waals surface area (Å²) in [7, 11) is 0. The van der Waals surface area contributed by atoms with Gasteiger partial charge >= 0.3 is 0 Å². The van der Waals surface area contributed by atoms with E-state index in [1.54, 1.807) is 12.1 Å². The average molecular weight is 305 g/mol. The molecule has 0 atom stereocenters. The topological polar surface area (TPSA) is 41.1 Å². The molecule has 0 heterocycles. The zero-order valence-electron chi connectivity index (χ0n) is 7.87. The zero-order chi connectivity index (χ0) is 11.4. The number of hydrogen-bond donors (Lipinski definition) is 3. The van der Waals surface area contributed by atoms with Crippen molar-refractivity contribution in [2.24, 2.45) is 0 Å². The number of aryl methyl sites for hydroxylation is 1. The predicted molar refractivity (Wildman–Crippen MR) is 71.1 cm³/mol. The van der Waals surface area contributed by atoms with Crippen molar-refractivity contribution in [2.45, 2.75) is 6.92 Å². The van der Waals surface area contributed by atoms with Crippen LogP contribution in [0.3, 0.4) is 0 Å². The Balaban J connectivity index is 2.78. The zero-order valence-corrected chi connectivity index (χ0v) is 11.2. The van der Waals surface area contributed by atoms with Gasteiger partial charge < -0.3 is 0 Å². The normalized spacial score (nSPS) is 9.53. The molecule has 2 N–H and O–H groups in total. The molecule has 0 spiro atoms. The fourth-order valence-corrected chi connectivity index (χ4v) is 1.64. The van der Waals surface area contributed by atoms with Crippen LogP contribution in [0, 0.1) is 6.92 Å². The van der Waals surface area contributed by atoms with Gasteiger partial charge in [0.25, 0.3) is 5.91 Å². The fourth-order valence-electron chi connectivity index (χ4n) is 1.06. The smallest absolute Gasteiger partial charge is 0.269 e. The van der Waals surface area contributed by atoms with Gasteiger partial charge in [0.15, 0.2) is 0 Å². The monoisotopic (exact) mass is 304 g/mol. The highest BCUT2D eigenvalue weighted by Gasteiger charge is 2.08. The highest BCUT2D eigenvalue weighted by molar-refractivity contribution is 9.10. The van der Waals surface area contributed by atoms with Gasteiger partial charge in [0.05, 0.1) is 0 Å². The van der Waals surface area contributed by atoms with E-state index in [2.05, 4.69) is 51.6 Å². The van der Waals surface area contributed by atoms with Crippen molar-refractivity contribution in [3.8, 4) is 0 Å². The van der Waals surface area contributed by atoms with Crippen molar-refractivity contribution in [3.63, 3.8) is 0 Å². The van der Waals surface area contributed by atoms with E-state index in [1.807, 2.05) is 13.0 Å². The van der Waals surface area contributed by atoms with Crippen molar-refractivity contribution in [1.82, 2.24) is 10.9 Å². The standard InChI is InChI=1S/C9H9BrN2OS2/c1-5-4-6(10)2-3-7(5)8(13)11-12-9(14)15/h2-4H,1H3,(H,11,13)(H2,12,14,15). The quantitative estimate of drug-likeness (QED) is 0.423. The first kappa shape index (κ1) is 12.5. The second-order valence-electron chi connectivity index (χ2n) is 2.84. The van der Waals surface area contributed by atoms with Gasteiger partial charge in [-0.05, 0) is 30.7 Å². The van der Waals surface area contributed by atoms with E-state index in [4.69, 9.17) is 0 Å². The molecule has 80 valence electrons. The van der Waals surface area contributed by atoms with Crippen molar-refractivity contribution in [1.29, 1.82) is 0 Å². The molecule has 0 saturated carbocycles. The molecular weight excluding hydrogens is 296 g/mol. The summed E-state index contributed by atoms with van der Waals surface area (Å²) >= 11 is 11.8. The van der Waals surface area contributed by atoms with E-state index in [-0.39, 0.29) is 10.2 Å². The van der Waals surface area contributed by atoms with Crippen molar-refractivity contribution < 1.29 is 4.79 Å². The molecule has 0 aliphatic heterocycles. The number of benzene rings is 1. The third-order valence-corrected chi connectivity index (χ3v) is 2.42. The highest BCUT2D eigenvalue weighted by atomic mass is 79.9. The van der Waals surface area contributed by atoms with Gasteiger partial charge in [-0.2, -0.15) is 0 Å². The lowest BCUT2D eigenvalue weighted by atomic mass is 10.1. The Kier molecular flexibility index (Phi) is 4.56. The summed E-state index contributed by atoms with van der Waals surface area (Å²) in [6.07, 6.45) is 0. The molecular formula is C9H9BrN2OS2. The third kappa shape index (κ3) is 3.81. The van der Waals surface area contributed by atoms with E-state index in [0.717, 1.165) is 10.0 Å². The van der Waals surface area contributed by atoms with Gasteiger partial charge in [-0.25, -0.2) is 0 Å². The van der Waals surface area contributed by atoms with E-state index in [0.29, 0.717) is 5.56 Å². The second kappa shape index (κ2) is 5.48. The molecule has 0 unspecified atom stereocenters. The molecule has 0 fully saturated rings. The number of nitrogens with one attached hydrogen (secondary N) is 2. The van der Waals surface area contributed by atoms with E-state index in [9.17, 15) is 4.79 Å². The molecule has 1 aromatic carbocycles. The van der Waals surface area contributed by atoms with Crippen LogP contribution in [-0.2, 0) is 0 Å². The highest BCUT2D eigenvalue weighted by Crippen LogP contribution is 2.15.